The summed E-state index contributed by atoms with van der Waals surface area (Å²) in [7, 11) is 6.00. The Labute approximate surface area is 87.4 Å². The molecule has 0 fully saturated rings. The second-order valence-corrected chi connectivity index (χ2v) is 3.06. The normalized spacial score (nSPS) is 8.08. The maximum Gasteiger partial charge on any atom is 0.244 e. The number of amides is 1. The minimum Gasteiger partial charge on any atom is -0.366 e. The van der Waals surface area contributed by atoms with E-state index < -0.39 is 0 Å². The molecule has 0 rings (SSSR count). The number of nitrogens with two attached hydrogens (primary N) is 1. The Morgan fingerprint density at radius 2 is 1.69 bits per heavy atom. The van der Waals surface area contributed by atoms with E-state index >= 15 is 0 Å². The highest BCUT2D eigenvalue weighted by Gasteiger charge is 1.96. The summed E-state index contributed by atoms with van der Waals surface area (Å²) in [5.41, 5.74) is 5.40. The van der Waals surface area contributed by atoms with Gasteiger partial charge in [0.2, 0.25) is 5.91 Å². The van der Waals surface area contributed by atoms with Gasteiger partial charge in [0.25, 0.3) is 0 Å². The highest BCUT2D eigenvalue weighted by atomic mass is 35.5. The second-order valence-electron chi connectivity index (χ2n) is 3.06. The number of nitrogens with zero attached hydrogens (tertiary/aromatic N) is 1. The Morgan fingerprint density at radius 1 is 1.38 bits per heavy atom. The lowest BCUT2D eigenvalue weighted by Gasteiger charge is -1.93. The molecule has 0 saturated heterocycles. The Hall–Kier alpha value is -0.540. The standard InChI is InChI=1S/C6H11NO.C3H9N.ClH/c1-3-4-5(2)6(7)8;1-4(2)3;/h2-4H2,1H3,(H2,7,8);1-3H3;1H. The van der Waals surface area contributed by atoms with Crippen LogP contribution in [0.5, 0.6) is 0 Å². The zero-order valence-electron chi connectivity index (χ0n) is 8.96. The second kappa shape index (κ2) is 11.5. The molecule has 0 aromatic carbocycles. The predicted octanol–water partition coefficient (Wildman–Crippen LogP) is 1.43. The van der Waals surface area contributed by atoms with Gasteiger partial charge in [-0.2, -0.15) is 0 Å². The Bertz CT molecular complexity index is 144. The van der Waals surface area contributed by atoms with Crippen LogP contribution in [0.3, 0.4) is 0 Å². The van der Waals surface area contributed by atoms with Crippen LogP contribution in [0.25, 0.3) is 0 Å². The number of rotatable bonds is 3. The average molecular weight is 209 g/mol. The number of halogens is 1. The topological polar surface area (TPSA) is 46.3 Å². The van der Waals surface area contributed by atoms with Gasteiger partial charge < -0.3 is 10.6 Å². The van der Waals surface area contributed by atoms with Crippen molar-refractivity contribution < 1.29 is 4.79 Å². The summed E-state index contributed by atoms with van der Waals surface area (Å²) in [6.07, 6.45) is 1.65. The molecule has 0 aromatic heterocycles. The molecule has 0 saturated carbocycles. The van der Waals surface area contributed by atoms with Crippen molar-refractivity contribution >= 4 is 18.3 Å². The predicted molar refractivity (Wildman–Crippen MR) is 60.1 cm³/mol. The fraction of sp³-hybridized carbons (Fsp3) is 0.667. The fourth-order valence-electron chi connectivity index (χ4n) is 0.425. The van der Waals surface area contributed by atoms with E-state index in [0.717, 1.165) is 12.8 Å². The number of hydrogen-bond acceptors (Lipinski definition) is 2. The lowest BCUT2D eigenvalue weighted by molar-refractivity contribution is -0.114. The van der Waals surface area contributed by atoms with Crippen molar-refractivity contribution in [3.05, 3.63) is 12.2 Å². The van der Waals surface area contributed by atoms with Crippen LogP contribution in [0.4, 0.5) is 0 Å². The van der Waals surface area contributed by atoms with Gasteiger partial charge >= 0.3 is 0 Å². The first-order valence-electron chi connectivity index (χ1n) is 4.00. The number of hydrogen-bond donors (Lipinski definition) is 1. The minimum atomic E-state index is -0.383. The molecule has 2 N–H and O–H groups in total. The van der Waals surface area contributed by atoms with E-state index in [0.29, 0.717) is 5.57 Å². The highest BCUT2D eigenvalue weighted by molar-refractivity contribution is 5.91. The average Bonchev–Trinajstić information content (AvgIpc) is 1.86. The molecule has 0 aromatic rings. The van der Waals surface area contributed by atoms with Gasteiger partial charge in [-0.3, -0.25) is 4.79 Å². The van der Waals surface area contributed by atoms with E-state index in [2.05, 4.69) is 6.58 Å². The third-order valence-corrected chi connectivity index (χ3v) is 0.900. The molecule has 3 nitrogen and oxygen atoms in total. The Morgan fingerprint density at radius 3 is 1.77 bits per heavy atom. The van der Waals surface area contributed by atoms with Gasteiger partial charge in [-0.1, -0.05) is 19.9 Å². The summed E-state index contributed by atoms with van der Waals surface area (Å²) < 4.78 is 0. The summed E-state index contributed by atoms with van der Waals surface area (Å²) in [5, 5.41) is 0. The van der Waals surface area contributed by atoms with Crippen LogP contribution in [-0.2, 0) is 4.79 Å². The van der Waals surface area contributed by atoms with Crippen molar-refractivity contribution in [3.8, 4) is 0 Å². The van der Waals surface area contributed by atoms with E-state index in [4.69, 9.17) is 5.73 Å². The van der Waals surface area contributed by atoms with Gasteiger partial charge in [0.1, 0.15) is 0 Å². The van der Waals surface area contributed by atoms with Crippen molar-refractivity contribution in [2.45, 2.75) is 19.8 Å². The molecule has 0 bridgehead atoms. The van der Waals surface area contributed by atoms with Gasteiger partial charge in [0, 0.05) is 5.57 Å². The van der Waals surface area contributed by atoms with Crippen molar-refractivity contribution in [1.29, 1.82) is 0 Å². The molecule has 80 valence electrons. The van der Waals surface area contributed by atoms with Gasteiger partial charge in [0.15, 0.2) is 0 Å². The maximum absolute atomic E-state index is 10.2. The molecule has 0 radical (unpaired) electrons. The largest absolute Gasteiger partial charge is 0.366 e. The van der Waals surface area contributed by atoms with Crippen LogP contribution in [0.2, 0.25) is 0 Å². The first-order chi connectivity index (χ1) is 5.41. The summed E-state index contributed by atoms with van der Waals surface area (Å²) in [6, 6.07) is 0. The van der Waals surface area contributed by atoms with E-state index in [-0.39, 0.29) is 18.3 Å². The van der Waals surface area contributed by atoms with Crippen LogP contribution in [-0.4, -0.2) is 32.0 Å². The van der Waals surface area contributed by atoms with Gasteiger partial charge in [-0.15, -0.1) is 12.4 Å². The first kappa shape index (κ1) is 18.3. The molecule has 0 atom stereocenters. The first-order valence-corrected chi connectivity index (χ1v) is 4.00. The molecule has 0 spiro atoms. The van der Waals surface area contributed by atoms with E-state index in [1.54, 1.807) is 0 Å². The Kier molecular flexibility index (Phi) is 16.1. The van der Waals surface area contributed by atoms with Crippen LogP contribution in [0.15, 0.2) is 12.2 Å². The molecule has 0 aliphatic heterocycles. The number of carbonyl (C=O) groups excluding carboxylic acids is 1. The van der Waals surface area contributed by atoms with Crippen molar-refractivity contribution in [2.75, 3.05) is 21.1 Å². The van der Waals surface area contributed by atoms with Crippen LogP contribution in [0.1, 0.15) is 19.8 Å². The van der Waals surface area contributed by atoms with E-state index in [1.165, 1.54) is 0 Å². The molecule has 0 unspecified atom stereocenters. The van der Waals surface area contributed by atoms with Crippen molar-refractivity contribution in [1.82, 2.24) is 4.90 Å². The zero-order chi connectivity index (χ0) is 10.1. The maximum atomic E-state index is 10.2. The lowest BCUT2D eigenvalue weighted by atomic mass is 10.2. The zero-order valence-corrected chi connectivity index (χ0v) is 9.78. The minimum absolute atomic E-state index is 0. The monoisotopic (exact) mass is 208 g/mol. The van der Waals surface area contributed by atoms with Crippen LogP contribution < -0.4 is 5.73 Å². The summed E-state index contributed by atoms with van der Waals surface area (Å²) in [5.74, 6) is -0.383. The molecule has 0 aliphatic rings. The van der Waals surface area contributed by atoms with Gasteiger partial charge in [0.05, 0.1) is 0 Å². The molecule has 13 heavy (non-hydrogen) atoms. The van der Waals surface area contributed by atoms with Crippen molar-refractivity contribution in [3.63, 3.8) is 0 Å². The van der Waals surface area contributed by atoms with Gasteiger partial charge in [-0.05, 0) is 27.6 Å². The highest BCUT2D eigenvalue weighted by Crippen LogP contribution is 1.98. The molecular formula is C9H21ClN2O. The molecular weight excluding hydrogens is 188 g/mol. The summed E-state index contributed by atoms with van der Waals surface area (Å²) in [6.45, 7) is 5.45. The SMILES string of the molecule is C=C(CCC)C(N)=O.CN(C)C.Cl. The Balaban J connectivity index is -0.000000173. The van der Waals surface area contributed by atoms with Gasteiger partial charge in [-0.25, -0.2) is 0 Å². The smallest absolute Gasteiger partial charge is 0.244 e. The van der Waals surface area contributed by atoms with Crippen LogP contribution >= 0.6 is 12.4 Å². The molecule has 0 heterocycles. The molecule has 4 heteroatoms. The third-order valence-electron chi connectivity index (χ3n) is 0.900. The fourth-order valence-corrected chi connectivity index (χ4v) is 0.425. The number of primary amides is 1. The summed E-state index contributed by atoms with van der Waals surface area (Å²) >= 11 is 0. The van der Waals surface area contributed by atoms with Crippen LogP contribution in [0, 0.1) is 0 Å². The quantitative estimate of drug-likeness (QED) is 0.714. The van der Waals surface area contributed by atoms with E-state index in [9.17, 15) is 4.79 Å². The molecule has 1 amide bonds. The number of carbonyl (C=O) groups is 1. The molecule has 0 aliphatic carbocycles. The van der Waals surface area contributed by atoms with Crippen molar-refractivity contribution in [2.24, 2.45) is 5.73 Å². The summed E-state index contributed by atoms with van der Waals surface area (Å²) in [4.78, 5) is 12.2. The third kappa shape index (κ3) is 24.6. The van der Waals surface area contributed by atoms with E-state index in [1.807, 2.05) is 33.0 Å². The lowest BCUT2D eigenvalue weighted by Crippen LogP contribution is -2.12.